The molecule has 25 heavy (non-hydrogen) atoms. The van der Waals surface area contributed by atoms with Crippen molar-refractivity contribution < 1.29 is 18.8 Å². The summed E-state index contributed by atoms with van der Waals surface area (Å²) in [5.74, 6) is -0.467. The summed E-state index contributed by atoms with van der Waals surface area (Å²) in [6.07, 6.45) is 2.78. The fourth-order valence-electron chi connectivity index (χ4n) is 1.99. The molecule has 1 unspecified atom stereocenters. The largest absolute Gasteiger partial charge is 0.494 e. The number of ketones is 1. The predicted octanol–water partition coefficient (Wildman–Crippen LogP) is 3.16. The lowest BCUT2D eigenvalue weighted by Crippen LogP contribution is -2.11. The van der Waals surface area contributed by atoms with Gasteiger partial charge in [0, 0.05) is 24.1 Å². The van der Waals surface area contributed by atoms with Crippen LogP contribution in [0.25, 0.3) is 0 Å². The lowest BCUT2D eigenvalue weighted by molar-refractivity contribution is 0.103. The minimum Gasteiger partial charge on any atom is -0.494 e. The Bertz CT molecular complexity index is 943. The SMILES string of the molecule is COc1ccc(C(=O)c2cnn(C)c2O)c(Cl)c1N=S(C)(=O)C(C)C. The predicted molar refractivity (Wildman–Crippen MR) is 97.6 cm³/mol. The van der Waals surface area contributed by atoms with Crippen molar-refractivity contribution in [3.8, 4) is 11.6 Å². The topological polar surface area (TPSA) is 93.8 Å². The molecule has 136 valence electrons. The van der Waals surface area contributed by atoms with Gasteiger partial charge in [-0.15, -0.1) is 0 Å². The molecule has 0 aliphatic carbocycles. The summed E-state index contributed by atoms with van der Waals surface area (Å²) in [6, 6.07) is 3.00. The minimum atomic E-state index is -2.58. The van der Waals surface area contributed by atoms with E-state index >= 15 is 0 Å². The molecule has 0 fully saturated rings. The Hall–Kier alpha value is -2.06. The van der Waals surface area contributed by atoms with E-state index in [0.717, 1.165) is 0 Å². The highest BCUT2D eigenvalue weighted by Crippen LogP contribution is 2.40. The number of carbonyl (C=O) groups is 1. The zero-order valence-electron chi connectivity index (χ0n) is 14.6. The Morgan fingerprint density at radius 2 is 2.04 bits per heavy atom. The average molecular weight is 386 g/mol. The van der Waals surface area contributed by atoms with Crippen molar-refractivity contribution in [3.05, 3.63) is 34.5 Å². The second-order valence-electron chi connectivity index (χ2n) is 5.81. The highest BCUT2D eigenvalue weighted by atomic mass is 35.5. The van der Waals surface area contributed by atoms with Crippen LogP contribution in [-0.2, 0) is 16.8 Å². The highest BCUT2D eigenvalue weighted by Gasteiger charge is 2.24. The third-order valence-electron chi connectivity index (χ3n) is 3.84. The molecule has 1 atom stereocenters. The van der Waals surface area contributed by atoms with Gasteiger partial charge >= 0.3 is 0 Å². The summed E-state index contributed by atoms with van der Waals surface area (Å²) in [5.41, 5.74) is 0.282. The summed E-state index contributed by atoms with van der Waals surface area (Å²) in [6.45, 7) is 3.57. The summed E-state index contributed by atoms with van der Waals surface area (Å²) in [4.78, 5) is 12.7. The van der Waals surface area contributed by atoms with Crippen molar-refractivity contribution >= 4 is 32.8 Å². The number of benzene rings is 1. The lowest BCUT2D eigenvalue weighted by atomic mass is 10.0. The van der Waals surface area contributed by atoms with Gasteiger partial charge in [-0.1, -0.05) is 25.4 Å². The Labute approximate surface area is 151 Å². The normalized spacial score (nSPS) is 13.6. The third-order valence-corrected chi connectivity index (χ3v) is 6.52. The van der Waals surface area contributed by atoms with Gasteiger partial charge in [0.05, 0.1) is 28.1 Å². The van der Waals surface area contributed by atoms with Crippen molar-refractivity contribution in [2.24, 2.45) is 11.4 Å². The molecule has 1 aromatic carbocycles. The van der Waals surface area contributed by atoms with E-state index < -0.39 is 15.5 Å². The Balaban J connectivity index is 2.68. The second kappa shape index (κ2) is 7.05. The number of ether oxygens (including phenoxy) is 1. The Kier molecular flexibility index (Phi) is 5.43. The van der Waals surface area contributed by atoms with Crippen molar-refractivity contribution in [2.75, 3.05) is 13.4 Å². The van der Waals surface area contributed by atoms with E-state index in [-0.39, 0.29) is 33.0 Å². The number of aryl methyl sites for hydroxylation is 1. The van der Waals surface area contributed by atoms with E-state index in [1.165, 1.54) is 43.4 Å². The molecule has 0 bridgehead atoms. The van der Waals surface area contributed by atoms with E-state index in [0.29, 0.717) is 5.75 Å². The molecule has 1 aromatic heterocycles. The number of hydrogen-bond acceptors (Lipinski definition) is 6. The Morgan fingerprint density at radius 1 is 1.40 bits per heavy atom. The fourth-order valence-corrected chi connectivity index (χ4v) is 3.08. The smallest absolute Gasteiger partial charge is 0.220 e. The molecule has 1 N–H and O–H groups in total. The maximum atomic E-state index is 12.7. The van der Waals surface area contributed by atoms with Gasteiger partial charge in [0.25, 0.3) is 0 Å². The number of halogens is 1. The second-order valence-corrected chi connectivity index (χ2v) is 9.04. The van der Waals surface area contributed by atoms with Crippen LogP contribution in [0.3, 0.4) is 0 Å². The quantitative estimate of drug-likeness (QED) is 0.798. The van der Waals surface area contributed by atoms with Crippen LogP contribution in [0.2, 0.25) is 5.02 Å². The standard InChI is InChI=1S/C16H20ClN3O4S/c1-9(2)25(5,23)19-14-12(24-4)7-6-10(13(14)17)15(21)11-8-18-20(3)16(11)22/h6-9,22H,1-5H3. The minimum absolute atomic E-state index is 0.0154. The van der Waals surface area contributed by atoms with E-state index in [1.807, 2.05) is 0 Å². The fraction of sp³-hybridized carbons (Fsp3) is 0.375. The average Bonchev–Trinajstić information content (AvgIpc) is 2.88. The van der Waals surface area contributed by atoms with Crippen LogP contribution in [0.15, 0.2) is 22.7 Å². The van der Waals surface area contributed by atoms with Gasteiger partial charge in [0.15, 0.2) is 0 Å². The number of rotatable bonds is 5. The van der Waals surface area contributed by atoms with Gasteiger partial charge in [-0.2, -0.15) is 9.46 Å². The number of aromatic hydroxyl groups is 1. The van der Waals surface area contributed by atoms with Crippen LogP contribution >= 0.6 is 11.6 Å². The highest BCUT2D eigenvalue weighted by molar-refractivity contribution is 7.93. The zero-order chi connectivity index (χ0) is 18.9. The van der Waals surface area contributed by atoms with Crippen LogP contribution in [0.5, 0.6) is 11.6 Å². The van der Waals surface area contributed by atoms with Gasteiger partial charge in [-0.25, -0.2) is 8.89 Å². The Morgan fingerprint density at radius 3 is 2.52 bits per heavy atom. The number of methoxy groups -OCH3 is 1. The van der Waals surface area contributed by atoms with E-state index in [1.54, 1.807) is 13.8 Å². The number of aromatic nitrogens is 2. The van der Waals surface area contributed by atoms with Crippen LogP contribution in [0, 0.1) is 0 Å². The first-order valence-electron chi connectivity index (χ1n) is 7.43. The van der Waals surface area contributed by atoms with Crippen LogP contribution in [-0.4, -0.2) is 43.5 Å². The summed E-state index contributed by atoms with van der Waals surface area (Å²) in [7, 11) is 0.364. The molecular formula is C16H20ClN3O4S. The molecule has 0 aliphatic rings. The van der Waals surface area contributed by atoms with Crippen LogP contribution < -0.4 is 4.74 Å². The molecule has 7 nitrogen and oxygen atoms in total. The molecule has 9 heteroatoms. The molecule has 2 aromatic rings. The van der Waals surface area contributed by atoms with Gasteiger partial charge in [-0.05, 0) is 12.1 Å². The molecule has 0 saturated heterocycles. The van der Waals surface area contributed by atoms with Crippen molar-refractivity contribution in [2.45, 2.75) is 19.1 Å². The van der Waals surface area contributed by atoms with Crippen molar-refractivity contribution in [1.29, 1.82) is 0 Å². The molecule has 0 aliphatic heterocycles. The van der Waals surface area contributed by atoms with E-state index in [2.05, 4.69) is 9.46 Å². The van der Waals surface area contributed by atoms with Crippen molar-refractivity contribution in [1.82, 2.24) is 9.78 Å². The van der Waals surface area contributed by atoms with E-state index in [9.17, 15) is 14.1 Å². The summed E-state index contributed by atoms with van der Waals surface area (Å²) in [5, 5.41) is 13.6. The molecule has 0 radical (unpaired) electrons. The zero-order valence-corrected chi connectivity index (χ0v) is 16.2. The van der Waals surface area contributed by atoms with Gasteiger partial charge < -0.3 is 9.84 Å². The first kappa shape index (κ1) is 19.3. The number of hydrogen-bond donors (Lipinski definition) is 1. The van der Waals surface area contributed by atoms with Gasteiger partial charge in [0.1, 0.15) is 17.0 Å². The first-order valence-corrected chi connectivity index (χ1v) is 9.79. The number of carbonyl (C=O) groups excluding carboxylic acids is 1. The molecule has 1 heterocycles. The maximum absolute atomic E-state index is 12.7. The molecular weight excluding hydrogens is 366 g/mol. The first-order chi connectivity index (χ1) is 11.6. The molecule has 0 saturated carbocycles. The molecule has 0 spiro atoms. The summed E-state index contributed by atoms with van der Waals surface area (Å²) < 4.78 is 23.3. The lowest BCUT2D eigenvalue weighted by Gasteiger charge is -2.13. The van der Waals surface area contributed by atoms with Crippen molar-refractivity contribution in [3.63, 3.8) is 0 Å². The molecule has 0 amide bonds. The monoisotopic (exact) mass is 385 g/mol. The van der Waals surface area contributed by atoms with Crippen LogP contribution in [0.4, 0.5) is 5.69 Å². The maximum Gasteiger partial charge on any atom is 0.220 e. The van der Waals surface area contributed by atoms with E-state index in [4.69, 9.17) is 16.3 Å². The van der Waals surface area contributed by atoms with Crippen LogP contribution in [0.1, 0.15) is 29.8 Å². The van der Waals surface area contributed by atoms with Gasteiger partial charge in [0.2, 0.25) is 11.7 Å². The van der Waals surface area contributed by atoms with Gasteiger partial charge in [-0.3, -0.25) is 4.79 Å². The number of nitrogens with zero attached hydrogens (tertiary/aromatic N) is 3. The summed E-state index contributed by atoms with van der Waals surface area (Å²) >= 11 is 6.38. The molecule has 2 rings (SSSR count). The third kappa shape index (κ3) is 3.64.